The van der Waals surface area contributed by atoms with Crippen molar-refractivity contribution < 1.29 is 9.31 Å². The third kappa shape index (κ3) is 2.75. The Kier molecular flexibility index (Phi) is 3.53. The number of hydrogen-bond donors (Lipinski definition) is 0. The van der Waals surface area contributed by atoms with Gasteiger partial charge in [0.1, 0.15) is 0 Å². The largest absolute Gasteiger partial charge is 0.494 e. The molecule has 1 aliphatic rings. The molecule has 0 aliphatic carbocycles. The van der Waals surface area contributed by atoms with E-state index in [9.17, 15) is 0 Å². The fourth-order valence-electron chi connectivity index (χ4n) is 2.90. The second kappa shape index (κ2) is 5.41. The molecule has 2 aromatic heterocycles. The summed E-state index contributed by atoms with van der Waals surface area (Å²) in [5.41, 5.74) is 4.22. The van der Waals surface area contributed by atoms with Crippen LogP contribution in [0.2, 0.25) is 0 Å². The van der Waals surface area contributed by atoms with Gasteiger partial charge >= 0.3 is 7.12 Å². The van der Waals surface area contributed by atoms with Crippen molar-refractivity contribution >= 4 is 18.2 Å². The zero-order valence-electron chi connectivity index (χ0n) is 15.3. The van der Waals surface area contributed by atoms with Crippen molar-refractivity contribution in [2.75, 3.05) is 0 Å². The van der Waals surface area contributed by atoms with Gasteiger partial charge < -0.3 is 9.31 Å². The van der Waals surface area contributed by atoms with Crippen LogP contribution in [-0.2, 0) is 9.31 Å². The van der Waals surface area contributed by atoms with E-state index in [0.717, 1.165) is 27.9 Å². The van der Waals surface area contributed by atoms with Gasteiger partial charge in [-0.25, -0.2) is 9.50 Å². The minimum Gasteiger partial charge on any atom is -0.399 e. The summed E-state index contributed by atoms with van der Waals surface area (Å²) in [4.78, 5) is 4.40. The first-order valence-corrected chi connectivity index (χ1v) is 8.53. The zero-order chi connectivity index (χ0) is 17.8. The SMILES string of the molecule is Cc1cnc2cc(-c3ccc(B4OC(C)(C)C(C)(C)O4)cc3)nn2c1. The summed E-state index contributed by atoms with van der Waals surface area (Å²) in [6.45, 7) is 10.3. The van der Waals surface area contributed by atoms with E-state index in [1.54, 1.807) is 0 Å². The van der Waals surface area contributed by atoms with Gasteiger partial charge in [-0.15, -0.1) is 0 Å². The maximum atomic E-state index is 6.10. The lowest BCUT2D eigenvalue weighted by Crippen LogP contribution is -2.41. The van der Waals surface area contributed by atoms with E-state index in [1.165, 1.54) is 0 Å². The van der Waals surface area contributed by atoms with Gasteiger partial charge in [0.15, 0.2) is 5.65 Å². The van der Waals surface area contributed by atoms with Crippen LogP contribution >= 0.6 is 0 Å². The van der Waals surface area contributed by atoms with Crippen molar-refractivity contribution in [3.63, 3.8) is 0 Å². The molecule has 4 rings (SSSR count). The van der Waals surface area contributed by atoms with Crippen LogP contribution in [0.5, 0.6) is 0 Å². The van der Waals surface area contributed by atoms with Crippen LogP contribution in [0, 0.1) is 6.92 Å². The summed E-state index contributed by atoms with van der Waals surface area (Å²) in [5.74, 6) is 0. The molecule has 0 bridgehead atoms. The Morgan fingerprint density at radius 1 is 1.00 bits per heavy atom. The number of hydrogen-bond acceptors (Lipinski definition) is 4. The molecule has 1 aromatic carbocycles. The molecule has 6 heteroatoms. The third-order valence-corrected chi connectivity index (χ3v) is 5.17. The van der Waals surface area contributed by atoms with Crippen LogP contribution < -0.4 is 5.46 Å². The number of nitrogens with zero attached hydrogens (tertiary/aromatic N) is 3. The summed E-state index contributed by atoms with van der Waals surface area (Å²) >= 11 is 0. The molecular formula is C19H22BN3O2. The minimum atomic E-state index is -0.343. The topological polar surface area (TPSA) is 48.7 Å². The molecule has 0 saturated carbocycles. The summed E-state index contributed by atoms with van der Waals surface area (Å²) in [6.07, 6.45) is 3.83. The highest BCUT2D eigenvalue weighted by molar-refractivity contribution is 6.62. The maximum absolute atomic E-state index is 6.10. The lowest BCUT2D eigenvalue weighted by Gasteiger charge is -2.32. The van der Waals surface area contributed by atoms with Crippen molar-refractivity contribution in [2.24, 2.45) is 0 Å². The third-order valence-electron chi connectivity index (χ3n) is 5.17. The van der Waals surface area contributed by atoms with E-state index in [1.807, 2.05) is 42.0 Å². The molecule has 25 heavy (non-hydrogen) atoms. The second-order valence-electron chi connectivity index (χ2n) is 7.67. The molecule has 1 aliphatic heterocycles. The molecule has 0 spiro atoms. The van der Waals surface area contributed by atoms with Crippen LogP contribution in [0.1, 0.15) is 33.3 Å². The van der Waals surface area contributed by atoms with E-state index in [0.29, 0.717) is 0 Å². The zero-order valence-corrected chi connectivity index (χ0v) is 15.3. The van der Waals surface area contributed by atoms with Gasteiger partial charge in [0.25, 0.3) is 0 Å². The van der Waals surface area contributed by atoms with E-state index in [4.69, 9.17) is 9.31 Å². The number of benzene rings is 1. The van der Waals surface area contributed by atoms with Crippen LogP contribution in [0.3, 0.4) is 0 Å². The molecule has 0 unspecified atom stereocenters. The molecular weight excluding hydrogens is 313 g/mol. The predicted octanol–water partition coefficient (Wildman–Crippen LogP) is 3.00. The lowest BCUT2D eigenvalue weighted by molar-refractivity contribution is 0.00578. The average Bonchev–Trinajstić information content (AvgIpc) is 3.05. The van der Waals surface area contributed by atoms with Gasteiger partial charge in [0, 0.05) is 24.0 Å². The molecule has 0 N–H and O–H groups in total. The van der Waals surface area contributed by atoms with Crippen LogP contribution in [0.4, 0.5) is 0 Å². The quantitative estimate of drug-likeness (QED) is 0.676. The second-order valence-corrected chi connectivity index (χ2v) is 7.67. The first-order valence-electron chi connectivity index (χ1n) is 8.53. The number of rotatable bonds is 2. The Hall–Kier alpha value is -2.18. The number of aryl methyl sites for hydroxylation is 1. The Morgan fingerprint density at radius 3 is 2.28 bits per heavy atom. The van der Waals surface area contributed by atoms with E-state index in [2.05, 4.69) is 49.9 Å². The van der Waals surface area contributed by atoms with Crippen LogP contribution in [0.15, 0.2) is 42.7 Å². The molecule has 0 radical (unpaired) electrons. The molecule has 0 amide bonds. The summed E-state index contributed by atoms with van der Waals surface area (Å²) in [5, 5.41) is 4.61. The van der Waals surface area contributed by atoms with E-state index in [-0.39, 0.29) is 18.3 Å². The summed E-state index contributed by atoms with van der Waals surface area (Å²) in [7, 11) is -0.343. The Bertz CT molecular complexity index is 915. The highest BCUT2D eigenvalue weighted by atomic mass is 16.7. The van der Waals surface area contributed by atoms with Crippen molar-refractivity contribution in [2.45, 2.75) is 45.8 Å². The Balaban J connectivity index is 1.62. The van der Waals surface area contributed by atoms with Crippen LogP contribution in [0.25, 0.3) is 16.9 Å². The molecule has 128 valence electrons. The number of fused-ring (bicyclic) bond motifs is 1. The van der Waals surface area contributed by atoms with E-state index >= 15 is 0 Å². The monoisotopic (exact) mass is 335 g/mol. The van der Waals surface area contributed by atoms with Crippen molar-refractivity contribution in [3.05, 3.63) is 48.3 Å². The van der Waals surface area contributed by atoms with Gasteiger partial charge in [-0.1, -0.05) is 24.3 Å². The van der Waals surface area contributed by atoms with Gasteiger partial charge in [0.05, 0.1) is 16.9 Å². The first kappa shape index (κ1) is 16.3. The molecule has 5 nitrogen and oxygen atoms in total. The highest BCUT2D eigenvalue weighted by Crippen LogP contribution is 2.36. The Morgan fingerprint density at radius 2 is 1.64 bits per heavy atom. The van der Waals surface area contributed by atoms with Gasteiger partial charge in [0.2, 0.25) is 0 Å². The molecule has 1 fully saturated rings. The smallest absolute Gasteiger partial charge is 0.399 e. The maximum Gasteiger partial charge on any atom is 0.494 e. The molecule has 3 heterocycles. The number of aromatic nitrogens is 3. The van der Waals surface area contributed by atoms with E-state index < -0.39 is 0 Å². The average molecular weight is 335 g/mol. The van der Waals surface area contributed by atoms with Crippen molar-refractivity contribution in [1.29, 1.82) is 0 Å². The molecule has 3 aromatic rings. The van der Waals surface area contributed by atoms with Crippen molar-refractivity contribution in [1.82, 2.24) is 14.6 Å². The Labute approximate surface area is 148 Å². The lowest BCUT2D eigenvalue weighted by atomic mass is 9.79. The fraction of sp³-hybridized carbons (Fsp3) is 0.368. The van der Waals surface area contributed by atoms with Gasteiger partial charge in [-0.3, -0.25) is 0 Å². The highest BCUT2D eigenvalue weighted by Gasteiger charge is 2.51. The summed E-state index contributed by atoms with van der Waals surface area (Å²) in [6, 6.07) is 10.2. The predicted molar refractivity (Wildman–Crippen MR) is 98.9 cm³/mol. The normalized spacial score (nSPS) is 18.8. The standard InChI is InChI=1S/C19H22BN3O2/c1-13-11-21-17-10-16(22-23(17)12-13)14-6-8-15(9-7-14)20-24-18(2,3)19(4,5)25-20/h6-12H,1-5H3. The summed E-state index contributed by atoms with van der Waals surface area (Å²) < 4.78 is 14.0. The molecule has 1 saturated heterocycles. The molecule has 0 atom stereocenters. The van der Waals surface area contributed by atoms with Gasteiger partial charge in [-0.2, -0.15) is 5.10 Å². The van der Waals surface area contributed by atoms with Crippen LogP contribution in [-0.4, -0.2) is 32.9 Å². The van der Waals surface area contributed by atoms with Gasteiger partial charge in [-0.05, 0) is 45.6 Å². The van der Waals surface area contributed by atoms with Crippen molar-refractivity contribution in [3.8, 4) is 11.3 Å². The minimum absolute atomic E-state index is 0.332. The first-order chi connectivity index (χ1) is 11.7. The fourth-order valence-corrected chi connectivity index (χ4v) is 2.90.